The smallest absolute Gasteiger partial charge is 0.441 e. The molecule has 9 heteroatoms. The van der Waals surface area contributed by atoms with Gasteiger partial charge in [0.15, 0.2) is 0 Å². The van der Waals surface area contributed by atoms with E-state index in [0.29, 0.717) is 0 Å². The lowest BCUT2D eigenvalue weighted by molar-refractivity contribution is -0.141. The van der Waals surface area contributed by atoms with Gasteiger partial charge in [0, 0.05) is 6.42 Å². The van der Waals surface area contributed by atoms with E-state index in [0.717, 1.165) is 0 Å². The molecule has 1 aromatic heterocycles. The van der Waals surface area contributed by atoms with Gasteiger partial charge in [-0.05, 0) is 32.9 Å². The molecule has 1 amide bonds. The van der Waals surface area contributed by atoms with E-state index >= 15 is 0 Å². The van der Waals surface area contributed by atoms with Gasteiger partial charge in [0.25, 0.3) is 5.78 Å². The summed E-state index contributed by atoms with van der Waals surface area (Å²) in [6.45, 7) is 8.28. The number of carbonyl (C=O) groups excluding carboxylic acids is 3. The van der Waals surface area contributed by atoms with E-state index in [-0.39, 0.29) is 12.4 Å². The van der Waals surface area contributed by atoms with E-state index in [4.69, 9.17) is 14.7 Å². The first-order chi connectivity index (χ1) is 12.2. The second kappa shape index (κ2) is 9.33. The van der Waals surface area contributed by atoms with Crippen LogP contribution < -0.4 is 5.32 Å². The van der Waals surface area contributed by atoms with Crippen LogP contribution in [-0.2, 0) is 19.1 Å². The first-order valence-electron chi connectivity index (χ1n) is 7.74. The van der Waals surface area contributed by atoms with Crippen LogP contribution in [0.2, 0.25) is 0 Å². The second-order valence-electron chi connectivity index (χ2n) is 6.18. The number of furan rings is 1. The number of carbonyl (C=O) groups is 3. The highest BCUT2D eigenvalue weighted by Gasteiger charge is 2.34. The Morgan fingerprint density at radius 2 is 2.12 bits per heavy atom. The predicted molar refractivity (Wildman–Crippen MR) is 90.2 cm³/mol. The van der Waals surface area contributed by atoms with E-state index in [1.807, 2.05) is 0 Å². The fourth-order valence-electron chi connectivity index (χ4n) is 1.86. The number of nitrogens with one attached hydrogen (secondary N) is 1. The van der Waals surface area contributed by atoms with Gasteiger partial charge in [0.05, 0.1) is 12.3 Å². The van der Waals surface area contributed by atoms with Crippen molar-refractivity contribution in [2.24, 2.45) is 0 Å². The molecule has 0 aromatic carbocycles. The highest BCUT2D eigenvalue weighted by atomic mass is 16.6. The van der Waals surface area contributed by atoms with E-state index in [1.54, 1.807) is 32.9 Å². The van der Waals surface area contributed by atoms with Crippen molar-refractivity contribution in [2.45, 2.75) is 38.8 Å². The van der Waals surface area contributed by atoms with Crippen LogP contribution in [0.4, 0.5) is 4.79 Å². The van der Waals surface area contributed by atoms with Crippen LogP contribution in [0.5, 0.6) is 0 Å². The molecule has 26 heavy (non-hydrogen) atoms. The van der Waals surface area contributed by atoms with Gasteiger partial charge < -0.3 is 24.7 Å². The van der Waals surface area contributed by atoms with Crippen LogP contribution >= 0.6 is 0 Å². The van der Waals surface area contributed by atoms with Crippen LogP contribution in [0, 0.1) is 0 Å². The first-order valence-corrected chi connectivity index (χ1v) is 7.74. The lowest BCUT2D eigenvalue weighted by Crippen LogP contribution is -2.37. The fraction of sp³-hybridized carbons (Fsp3) is 0.412. The molecule has 1 atom stereocenters. The molecule has 1 rings (SSSR count). The Morgan fingerprint density at radius 3 is 2.62 bits per heavy atom. The number of alkyl carbamates (subject to hydrolysis) is 1. The molecule has 1 aromatic rings. The Morgan fingerprint density at radius 1 is 1.42 bits per heavy atom. The molecule has 0 spiro atoms. The molecule has 0 saturated carbocycles. The van der Waals surface area contributed by atoms with Crippen molar-refractivity contribution < 1.29 is 33.1 Å². The van der Waals surface area contributed by atoms with Crippen LogP contribution in [-0.4, -0.2) is 40.6 Å². The molecule has 1 N–H and O–H groups in total. The van der Waals surface area contributed by atoms with Crippen LogP contribution in [0.3, 0.4) is 0 Å². The minimum Gasteiger partial charge on any atom is -0.467 e. The number of hydrogen-bond acceptors (Lipinski definition) is 6. The van der Waals surface area contributed by atoms with Gasteiger partial charge in [-0.2, -0.15) is 4.79 Å². The second-order valence-corrected chi connectivity index (χ2v) is 6.18. The Kier molecular flexibility index (Phi) is 7.49. The molecule has 0 bridgehead atoms. The van der Waals surface area contributed by atoms with E-state index in [1.165, 1.54) is 12.3 Å². The number of hydrogen-bond donors (Lipinski definition) is 1. The van der Waals surface area contributed by atoms with Gasteiger partial charge in [-0.1, -0.05) is 12.7 Å². The quantitative estimate of drug-likeness (QED) is 0.188. The number of rotatable bonds is 8. The minimum absolute atomic E-state index is 0.150. The number of nitrogens with zero attached hydrogens (tertiary/aromatic N) is 2. The van der Waals surface area contributed by atoms with Gasteiger partial charge >= 0.3 is 17.8 Å². The number of esters is 1. The van der Waals surface area contributed by atoms with E-state index in [9.17, 15) is 14.4 Å². The van der Waals surface area contributed by atoms with E-state index < -0.39 is 41.6 Å². The summed E-state index contributed by atoms with van der Waals surface area (Å²) in [7, 11) is 0. The van der Waals surface area contributed by atoms with Crippen molar-refractivity contribution in [1.82, 2.24) is 5.32 Å². The Balaban J connectivity index is 2.90. The van der Waals surface area contributed by atoms with Crippen molar-refractivity contribution in [2.75, 3.05) is 6.61 Å². The van der Waals surface area contributed by atoms with Crippen LogP contribution in [0.25, 0.3) is 5.53 Å². The van der Waals surface area contributed by atoms with Crippen LogP contribution in [0.1, 0.15) is 39.0 Å². The normalized spacial score (nSPS) is 11.7. The zero-order valence-corrected chi connectivity index (χ0v) is 14.9. The maximum Gasteiger partial charge on any atom is 0.441 e. The lowest BCUT2D eigenvalue weighted by atomic mass is 10.0. The monoisotopic (exact) mass is 363 g/mol. The number of amides is 1. The van der Waals surface area contributed by atoms with Crippen molar-refractivity contribution in [3.63, 3.8) is 0 Å². The van der Waals surface area contributed by atoms with Gasteiger partial charge in [0.1, 0.15) is 18.0 Å². The maximum atomic E-state index is 12.3. The average molecular weight is 363 g/mol. The predicted octanol–water partition coefficient (Wildman–Crippen LogP) is 2.20. The van der Waals surface area contributed by atoms with Crippen molar-refractivity contribution in [1.29, 1.82) is 0 Å². The molecular weight excluding hydrogens is 342 g/mol. The summed E-state index contributed by atoms with van der Waals surface area (Å²) in [6, 6.07) is 2.18. The lowest BCUT2D eigenvalue weighted by Gasteiger charge is -2.22. The number of ether oxygens (including phenoxy) is 2. The van der Waals surface area contributed by atoms with Gasteiger partial charge in [-0.3, -0.25) is 4.79 Å². The Bertz CT molecular complexity index is 711. The highest BCUT2D eigenvalue weighted by molar-refractivity contribution is 6.62. The minimum atomic E-state index is -1.10. The third kappa shape index (κ3) is 6.74. The largest absolute Gasteiger partial charge is 0.467 e. The standard InChI is InChI=1S/C17H21N3O6/c1-5-8-25-15(22)14(20-18)12(21)10-11(13-7-6-9-24-13)19-16(23)26-17(2,3)4/h5-7,9,11H,1,8,10H2,2-4H3,(H,19,23)/t11-/m1/s1. The molecule has 0 unspecified atom stereocenters. The summed E-state index contributed by atoms with van der Waals surface area (Å²) in [6.07, 6.45) is 1.48. The summed E-state index contributed by atoms with van der Waals surface area (Å²) in [5, 5.41) is 2.49. The van der Waals surface area contributed by atoms with Gasteiger partial charge in [0.2, 0.25) is 0 Å². The van der Waals surface area contributed by atoms with Crippen molar-refractivity contribution in [3.8, 4) is 0 Å². The number of Topliss-reactive ketones (excluding diaryl/α,β-unsaturated/α-hetero) is 1. The summed E-state index contributed by atoms with van der Waals surface area (Å²) >= 11 is 0. The van der Waals surface area contributed by atoms with Crippen LogP contribution in [0.15, 0.2) is 35.5 Å². The maximum absolute atomic E-state index is 12.3. The van der Waals surface area contributed by atoms with Crippen molar-refractivity contribution in [3.05, 3.63) is 42.3 Å². The summed E-state index contributed by atoms with van der Waals surface area (Å²) in [5.74, 6) is -1.69. The summed E-state index contributed by atoms with van der Waals surface area (Å²) in [5.41, 5.74) is 7.41. The molecule has 0 aliphatic carbocycles. The zero-order valence-electron chi connectivity index (χ0n) is 14.9. The average Bonchev–Trinajstić information content (AvgIpc) is 3.05. The topological polar surface area (TPSA) is 131 Å². The third-order valence-corrected chi connectivity index (χ3v) is 2.86. The summed E-state index contributed by atoms with van der Waals surface area (Å²) < 4.78 is 15.0. The SMILES string of the molecule is C=CCOC(=O)C(=[N+]=[N-])C(=O)C[C@@H](NC(=O)OC(C)(C)C)c1ccco1. The molecule has 0 aliphatic rings. The Hall–Kier alpha value is -3.19. The van der Waals surface area contributed by atoms with Crippen molar-refractivity contribution >= 4 is 23.6 Å². The zero-order chi connectivity index (χ0) is 19.7. The molecule has 0 fully saturated rings. The molecule has 1 heterocycles. The van der Waals surface area contributed by atoms with Gasteiger partial charge in [-0.25, -0.2) is 9.59 Å². The molecular formula is C17H21N3O6. The molecule has 9 nitrogen and oxygen atoms in total. The summed E-state index contributed by atoms with van der Waals surface area (Å²) in [4.78, 5) is 38.7. The first kappa shape index (κ1) is 20.9. The Labute approximate surface area is 150 Å². The highest BCUT2D eigenvalue weighted by Crippen LogP contribution is 2.19. The molecule has 0 radical (unpaired) electrons. The fourth-order valence-corrected chi connectivity index (χ4v) is 1.86. The molecule has 140 valence electrons. The van der Waals surface area contributed by atoms with E-state index in [2.05, 4.69) is 21.4 Å². The number of ketones is 1. The molecule has 0 saturated heterocycles. The van der Waals surface area contributed by atoms with Gasteiger partial charge in [-0.15, -0.1) is 0 Å². The third-order valence-electron chi connectivity index (χ3n) is 2.86. The molecule has 0 aliphatic heterocycles.